The zero-order chi connectivity index (χ0) is 9.68. The summed E-state index contributed by atoms with van der Waals surface area (Å²) in [6, 6.07) is 5.01. The van der Waals surface area contributed by atoms with E-state index in [9.17, 15) is 4.79 Å². The number of hydrogen-bond donors (Lipinski definition) is 1. The van der Waals surface area contributed by atoms with E-state index in [1.54, 1.807) is 6.07 Å². The maximum Gasteiger partial charge on any atom is 0.337 e. The molecule has 0 fully saturated rings. The largest absolute Gasteiger partial charge is 0.478 e. The first-order chi connectivity index (χ1) is 6.25. The van der Waals surface area contributed by atoms with Gasteiger partial charge in [0.2, 0.25) is 0 Å². The molecule has 0 aliphatic heterocycles. The highest BCUT2D eigenvalue weighted by atomic mass is 16.4. The van der Waals surface area contributed by atoms with Gasteiger partial charge in [-0.2, -0.15) is 5.26 Å². The van der Waals surface area contributed by atoms with Crippen LogP contribution in [0.25, 0.3) is 0 Å². The van der Waals surface area contributed by atoms with Gasteiger partial charge in [0.1, 0.15) is 0 Å². The van der Waals surface area contributed by atoms with Crippen LogP contribution in [0, 0.1) is 11.3 Å². The summed E-state index contributed by atoms with van der Waals surface area (Å²) in [5.41, 5.74) is 0.648. The molecule has 0 unspecified atom stereocenters. The molecule has 4 heteroatoms. The van der Waals surface area contributed by atoms with Crippen LogP contribution in [0.3, 0.4) is 0 Å². The van der Waals surface area contributed by atoms with Gasteiger partial charge >= 0.3 is 5.97 Å². The average Bonchev–Trinajstić information content (AvgIpc) is 2.15. The van der Waals surface area contributed by atoms with Crippen LogP contribution in [0.5, 0.6) is 0 Å². The van der Waals surface area contributed by atoms with Crippen molar-refractivity contribution in [2.24, 2.45) is 0 Å². The number of aromatic carboxylic acids is 1. The monoisotopic (exact) mass is 176 g/mol. The van der Waals surface area contributed by atoms with Crippen molar-refractivity contribution in [3.63, 3.8) is 0 Å². The zero-order valence-corrected chi connectivity index (χ0v) is 6.90. The van der Waals surface area contributed by atoms with Gasteiger partial charge in [0.25, 0.3) is 0 Å². The number of aryl methyl sites for hydroxylation is 1. The standard InChI is InChI=1S/C9H8N2O2/c10-5-1-4-8-7(9(12)13)3-2-6-11-8/h2-3,6H,1,4H2,(H,12,13). The lowest BCUT2D eigenvalue weighted by Crippen LogP contribution is -2.04. The highest BCUT2D eigenvalue weighted by Gasteiger charge is 2.09. The van der Waals surface area contributed by atoms with Crippen LogP contribution < -0.4 is 0 Å². The Bertz CT molecular complexity index is 355. The molecule has 13 heavy (non-hydrogen) atoms. The fourth-order valence-corrected chi connectivity index (χ4v) is 1.01. The van der Waals surface area contributed by atoms with Crippen LogP contribution in [0.4, 0.5) is 0 Å². The third-order valence-corrected chi connectivity index (χ3v) is 1.59. The molecular formula is C9H8N2O2. The summed E-state index contributed by atoms with van der Waals surface area (Å²) >= 11 is 0. The minimum Gasteiger partial charge on any atom is -0.478 e. The molecule has 0 aliphatic carbocycles. The Kier molecular flexibility index (Phi) is 2.98. The fourth-order valence-electron chi connectivity index (χ4n) is 1.01. The van der Waals surface area contributed by atoms with Gasteiger partial charge in [0.15, 0.2) is 0 Å². The molecule has 0 aliphatic rings. The van der Waals surface area contributed by atoms with Gasteiger partial charge in [-0.15, -0.1) is 0 Å². The number of nitriles is 1. The highest BCUT2D eigenvalue weighted by molar-refractivity contribution is 5.88. The number of hydrogen-bond acceptors (Lipinski definition) is 3. The van der Waals surface area contributed by atoms with E-state index in [2.05, 4.69) is 4.98 Å². The van der Waals surface area contributed by atoms with Gasteiger partial charge in [0, 0.05) is 19.0 Å². The molecule has 1 N–H and O–H groups in total. The number of nitrogens with zero attached hydrogens (tertiary/aromatic N) is 2. The van der Waals surface area contributed by atoms with E-state index in [1.807, 2.05) is 6.07 Å². The summed E-state index contributed by atoms with van der Waals surface area (Å²) in [7, 11) is 0. The van der Waals surface area contributed by atoms with Crippen LogP contribution in [0.2, 0.25) is 0 Å². The second kappa shape index (κ2) is 4.21. The molecule has 0 atom stereocenters. The van der Waals surface area contributed by atoms with E-state index in [0.29, 0.717) is 12.1 Å². The Morgan fingerprint density at radius 1 is 1.69 bits per heavy atom. The second-order valence-corrected chi connectivity index (χ2v) is 2.46. The number of aromatic nitrogens is 1. The molecule has 0 bridgehead atoms. The lowest BCUT2D eigenvalue weighted by atomic mass is 10.1. The number of pyridine rings is 1. The van der Waals surface area contributed by atoms with Gasteiger partial charge in [-0.05, 0) is 12.1 Å². The van der Waals surface area contributed by atoms with Crippen LogP contribution in [0.1, 0.15) is 22.5 Å². The van der Waals surface area contributed by atoms with Crippen LogP contribution in [-0.4, -0.2) is 16.1 Å². The molecule has 0 aromatic carbocycles. The molecule has 1 rings (SSSR count). The number of carboxylic acid groups (broad SMARTS) is 1. The number of carbonyl (C=O) groups is 1. The molecule has 4 nitrogen and oxygen atoms in total. The predicted octanol–water partition coefficient (Wildman–Crippen LogP) is 1.24. The highest BCUT2D eigenvalue weighted by Crippen LogP contribution is 2.07. The van der Waals surface area contributed by atoms with Gasteiger partial charge < -0.3 is 5.11 Å². The van der Waals surface area contributed by atoms with Crippen LogP contribution in [-0.2, 0) is 6.42 Å². The van der Waals surface area contributed by atoms with Gasteiger partial charge in [-0.3, -0.25) is 4.98 Å². The molecule has 1 heterocycles. The predicted molar refractivity (Wildman–Crippen MR) is 45.1 cm³/mol. The third kappa shape index (κ3) is 2.27. The average molecular weight is 176 g/mol. The van der Waals surface area contributed by atoms with Crippen LogP contribution in [0.15, 0.2) is 18.3 Å². The van der Waals surface area contributed by atoms with Crippen molar-refractivity contribution < 1.29 is 9.90 Å². The van der Waals surface area contributed by atoms with Crippen molar-refractivity contribution in [3.8, 4) is 6.07 Å². The summed E-state index contributed by atoms with van der Waals surface area (Å²) in [5, 5.41) is 17.1. The first-order valence-electron chi connectivity index (χ1n) is 3.80. The van der Waals surface area contributed by atoms with Crippen molar-refractivity contribution in [3.05, 3.63) is 29.6 Å². The summed E-state index contributed by atoms with van der Waals surface area (Å²) in [5.74, 6) is -0.999. The SMILES string of the molecule is N#CCCc1ncccc1C(=O)O. The van der Waals surface area contributed by atoms with Crippen LogP contribution >= 0.6 is 0 Å². The Morgan fingerprint density at radius 2 is 2.46 bits per heavy atom. The molecule has 0 spiro atoms. The van der Waals surface area contributed by atoms with Gasteiger partial charge in [0.05, 0.1) is 17.3 Å². The topological polar surface area (TPSA) is 74.0 Å². The van der Waals surface area contributed by atoms with Crippen molar-refractivity contribution in [2.75, 3.05) is 0 Å². The van der Waals surface area contributed by atoms with Crippen molar-refractivity contribution >= 4 is 5.97 Å². The summed E-state index contributed by atoms with van der Waals surface area (Å²) < 4.78 is 0. The fraction of sp³-hybridized carbons (Fsp3) is 0.222. The van der Waals surface area contributed by atoms with E-state index >= 15 is 0 Å². The Labute approximate surface area is 75.5 Å². The third-order valence-electron chi connectivity index (χ3n) is 1.59. The molecule has 0 radical (unpaired) electrons. The maximum atomic E-state index is 10.7. The molecule has 66 valence electrons. The van der Waals surface area contributed by atoms with Gasteiger partial charge in [-0.1, -0.05) is 0 Å². The normalized spacial score (nSPS) is 9.15. The lowest BCUT2D eigenvalue weighted by molar-refractivity contribution is 0.0695. The maximum absolute atomic E-state index is 10.7. The molecule has 0 saturated carbocycles. The first kappa shape index (κ1) is 9.20. The quantitative estimate of drug-likeness (QED) is 0.751. The van der Waals surface area contributed by atoms with Gasteiger partial charge in [-0.25, -0.2) is 4.79 Å². The lowest BCUT2D eigenvalue weighted by Gasteiger charge is -2.00. The molecule has 1 aromatic rings. The molecule has 0 saturated heterocycles. The zero-order valence-electron chi connectivity index (χ0n) is 6.90. The minimum absolute atomic E-state index is 0.178. The van der Waals surface area contributed by atoms with E-state index in [-0.39, 0.29) is 12.0 Å². The minimum atomic E-state index is -0.999. The summed E-state index contributed by atoms with van der Waals surface area (Å²) in [4.78, 5) is 14.6. The molecular weight excluding hydrogens is 168 g/mol. The smallest absolute Gasteiger partial charge is 0.337 e. The Morgan fingerprint density at radius 3 is 3.08 bits per heavy atom. The van der Waals surface area contributed by atoms with Crippen molar-refractivity contribution in [1.29, 1.82) is 5.26 Å². The van der Waals surface area contributed by atoms with E-state index in [4.69, 9.17) is 10.4 Å². The number of rotatable bonds is 3. The molecule has 1 aromatic heterocycles. The Balaban J connectivity index is 2.92. The van der Waals surface area contributed by atoms with E-state index in [0.717, 1.165) is 0 Å². The van der Waals surface area contributed by atoms with Crippen molar-refractivity contribution in [2.45, 2.75) is 12.8 Å². The molecule has 0 amide bonds. The number of carboxylic acids is 1. The summed E-state index contributed by atoms with van der Waals surface area (Å²) in [6.07, 6.45) is 2.20. The van der Waals surface area contributed by atoms with E-state index in [1.165, 1.54) is 12.3 Å². The second-order valence-electron chi connectivity index (χ2n) is 2.46. The van der Waals surface area contributed by atoms with E-state index < -0.39 is 5.97 Å². The Hall–Kier alpha value is -1.89. The van der Waals surface area contributed by atoms with Crippen molar-refractivity contribution in [1.82, 2.24) is 4.98 Å². The first-order valence-corrected chi connectivity index (χ1v) is 3.80. The summed E-state index contributed by atoms with van der Waals surface area (Å²) in [6.45, 7) is 0.